The average Bonchev–Trinajstić information content (AvgIpc) is 3.15. The first-order valence-electron chi connectivity index (χ1n) is 6.80. The first-order chi connectivity index (χ1) is 9.43. The second kappa shape index (κ2) is 6.32. The highest BCUT2D eigenvalue weighted by Crippen LogP contribution is 2.24. The number of furan rings is 1. The number of hydrogen-bond donors (Lipinski definition) is 1. The van der Waals surface area contributed by atoms with Crippen molar-refractivity contribution in [3.05, 3.63) is 40.7 Å². The van der Waals surface area contributed by atoms with Gasteiger partial charge in [-0.05, 0) is 38.1 Å². The minimum Gasteiger partial charge on any atom is -0.468 e. The van der Waals surface area contributed by atoms with E-state index in [-0.39, 0.29) is 0 Å². The molecule has 0 saturated carbocycles. The van der Waals surface area contributed by atoms with Crippen molar-refractivity contribution in [1.82, 2.24) is 15.2 Å². The van der Waals surface area contributed by atoms with Crippen LogP contribution in [0.4, 0.5) is 0 Å². The normalized spacial score (nSPS) is 17.9. The van der Waals surface area contributed by atoms with Gasteiger partial charge in [-0.3, -0.25) is 4.90 Å². The molecule has 4 nitrogen and oxygen atoms in total. The van der Waals surface area contributed by atoms with Gasteiger partial charge in [-0.1, -0.05) is 0 Å². The second-order valence-corrected chi connectivity index (χ2v) is 5.81. The summed E-state index contributed by atoms with van der Waals surface area (Å²) in [6, 6.07) is 4.39. The molecule has 5 heteroatoms. The van der Waals surface area contributed by atoms with Gasteiger partial charge in [0.15, 0.2) is 0 Å². The minimum atomic E-state index is 0.345. The van der Waals surface area contributed by atoms with Crippen LogP contribution in [0, 0.1) is 0 Å². The third kappa shape index (κ3) is 3.23. The van der Waals surface area contributed by atoms with Gasteiger partial charge in [-0.15, -0.1) is 11.3 Å². The molecule has 102 valence electrons. The van der Waals surface area contributed by atoms with Crippen LogP contribution < -0.4 is 5.32 Å². The third-order valence-corrected chi connectivity index (χ3v) is 4.33. The monoisotopic (exact) mass is 277 g/mol. The van der Waals surface area contributed by atoms with Crippen molar-refractivity contribution in [2.75, 3.05) is 19.6 Å². The van der Waals surface area contributed by atoms with E-state index in [9.17, 15) is 0 Å². The van der Waals surface area contributed by atoms with Crippen LogP contribution in [0.25, 0.3) is 0 Å². The smallest absolute Gasteiger partial charge is 0.122 e. The molecule has 0 spiro atoms. The van der Waals surface area contributed by atoms with E-state index in [0.717, 1.165) is 23.9 Å². The van der Waals surface area contributed by atoms with Gasteiger partial charge in [0.25, 0.3) is 0 Å². The first-order valence-corrected chi connectivity index (χ1v) is 7.68. The largest absolute Gasteiger partial charge is 0.468 e. The van der Waals surface area contributed by atoms with Crippen molar-refractivity contribution in [2.45, 2.75) is 25.4 Å². The zero-order valence-corrected chi connectivity index (χ0v) is 11.7. The Morgan fingerprint density at radius 1 is 1.42 bits per heavy atom. The third-order valence-electron chi connectivity index (χ3n) is 3.55. The Hall–Kier alpha value is -1.17. The molecule has 1 aliphatic heterocycles. The molecule has 1 atom stereocenters. The van der Waals surface area contributed by atoms with Gasteiger partial charge in [0.2, 0.25) is 0 Å². The molecule has 0 aromatic carbocycles. The summed E-state index contributed by atoms with van der Waals surface area (Å²) in [6.07, 6.45) is 6.21. The fourth-order valence-corrected chi connectivity index (χ4v) is 3.19. The topological polar surface area (TPSA) is 41.3 Å². The van der Waals surface area contributed by atoms with Gasteiger partial charge in [-0.25, -0.2) is 4.98 Å². The van der Waals surface area contributed by atoms with E-state index in [1.807, 2.05) is 17.6 Å². The minimum absolute atomic E-state index is 0.345. The SMILES string of the molecule is c1coc(C(CNCc2nccs2)N2CCCC2)c1. The van der Waals surface area contributed by atoms with Crippen molar-refractivity contribution < 1.29 is 4.42 Å². The Labute approximate surface area is 117 Å². The summed E-state index contributed by atoms with van der Waals surface area (Å²) in [7, 11) is 0. The average molecular weight is 277 g/mol. The predicted molar refractivity (Wildman–Crippen MR) is 76.1 cm³/mol. The van der Waals surface area contributed by atoms with Crippen molar-refractivity contribution in [2.24, 2.45) is 0 Å². The molecule has 1 N–H and O–H groups in total. The molecule has 0 amide bonds. The number of rotatable bonds is 6. The number of hydrogen-bond acceptors (Lipinski definition) is 5. The molecule has 1 fully saturated rings. The fraction of sp³-hybridized carbons (Fsp3) is 0.500. The fourth-order valence-electron chi connectivity index (χ4n) is 2.60. The van der Waals surface area contributed by atoms with Crippen molar-refractivity contribution in [1.29, 1.82) is 0 Å². The van der Waals surface area contributed by atoms with E-state index < -0.39 is 0 Å². The maximum Gasteiger partial charge on any atom is 0.122 e. The summed E-state index contributed by atoms with van der Waals surface area (Å²) < 4.78 is 5.60. The lowest BCUT2D eigenvalue weighted by atomic mass is 10.2. The molecule has 0 aliphatic carbocycles. The molecule has 19 heavy (non-hydrogen) atoms. The predicted octanol–water partition coefficient (Wildman–Crippen LogP) is 2.66. The summed E-state index contributed by atoms with van der Waals surface area (Å²) in [4.78, 5) is 6.80. The van der Waals surface area contributed by atoms with E-state index >= 15 is 0 Å². The summed E-state index contributed by atoms with van der Waals surface area (Å²) in [5.41, 5.74) is 0. The standard InChI is InChI=1S/C14H19N3OS/c1-2-7-17(6-1)12(13-4-3-8-18-13)10-15-11-14-16-5-9-19-14/h3-5,8-9,12,15H,1-2,6-7,10-11H2. The lowest BCUT2D eigenvalue weighted by molar-refractivity contribution is 0.209. The van der Waals surface area contributed by atoms with Gasteiger partial charge in [0, 0.05) is 24.7 Å². The Morgan fingerprint density at radius 3 is 3.00 bits per heavy atom. The molecule has 1 aliphatic rings. The molecule has 2 aromatic heterocycles. The molecule has 2 aromatic rings. The first kappa shape index (κ1) is 12.8. The molecular formula is C14H19N3OS. The van der Waals surface area contributed by atoms with Crippen LogP contribution in [0.3, 0.4) is 0 Å². The second-order valence-electron chi connectivity index (χ2n) is 4.83. The summed E-state index contributed by atoms with van der Waals surface area (Å²) in [5, 5.41) is 6.65. The molecule has 1 unspecified atom stereocenters. The van der Waals surface area contributed by atoms with Crippen LogP contribution in [0.1, 0.15) is 29.7 Å². The molecule has 3 heterocycles. The highest BCUT2D eigenvalue weighted by atomic mass is 32.1. The van der Waals surface area contributed by atoms with Gasteiger partial charge in [0.1, 0.15) is 10.8 Å². The Bertz CT molecular complexity index is 463. The number of aromatic nitrogens is 1. The van der Waals surface area contributed by atoms with Crippen LogP contribution in [0.5, 0.6) is 0 Å². The summed E-state index contributed by atoms with van der Waals surface area (Å²) in [5.74, 6) is 1.06. The van der Waals surface area contributed by atoms with E-state index in [1.54, 1.807) is 17.6 Å². The number of likely N-dealkylation sites (tertiary alicyclic amines) is 1. The van der Waals surface area contributed by atoms with E-state index in [0.29, 0.717) is 6.04 Å². The molecular weight excluding hydrogens is 258 g/mol. The van der Waals surface area contributed by atoms with Crippen LogP contribution in [0.15, 0.2) is 34.4 Å². The van der Waals surface area contributed by atoms with Crippen LogP contribution in [0.2, 0.25) is 0 Å². The molecule has 0 bridgehead atoms. The quantitative estimate of drug-likeness (QED) is 0.881. The Balaban J connectivity index is 1.59. The van der Waals surface area contributed by atoms with Gasteiger partial charge in [0.05, 0.1) is 12.3 Å². The van der Waals surface area contributed by atoms with Gasteiger partial charge in [-0.2, -0.15) is 0 Å². The van der Waals surface area contributed by atoms with Crippen LogP contribution >= 0.6 is 11.3 Å². The molecule has 0 radical (unpaired) electrons. The lowest BCUT2D eigenvalue weighted by Gasteiger charge is -2.25. The number of nitrogens with one attached hydrogen (secondary N) is 1. The van der Waals surface area contributed by atoms with Crippen LogP contribution in [-0.2, 0) is 6.54 Å². The molecule has 3 rings (SSSR count). The van der Waals surface area contributed by atoms with Crippen molar-refractivity contribution >= 4 is 11.3 Å². The van der Waals surface area contributed by atoms with E-state index in [4.69, 9.17) is 4.42 Å². The Kier molecular flexibility index (Phi) is 4.27. The molecule has 1 saturated heterocycles. The van der Waals surface area contributed by atoms with Gasteiger partial charge < -0.3 is 9.73 Å². The summed E-state index contributed by atoms with van der Waals surface area (Å²) >= 11 is 1.69. The Morgan fingerprint density at radius 2 is 2.32 bits per heavy atom. The lowest BCUT2D eigenvalue weighted by Crippen LogP contribution is -2.33. The zero-order chi connectivity index (χ0) is 12.9. The number of nitrogens with zero attached hydrogens (tertiary/aromatic N) is 2. The van der Waals surface area contributed by atoms with E-state index in [2.05, 4.69) is 21.3 Å². The maximum atomic E-state index is 5.60. The highest BCUT2D eigenvalue weighted by Gasteiger charge is 2.25. The van der Waals surface area contributed by atoms with Crippen molar-refractivity contribution in [3.63, 3.8) is 0 Å². The maximum absolute atomic E-state index is 5.60. The zero-order valence-electron chi connectivity index (χ0n) is 10.9. The number of thiazole rings is 1. The van der Waals surface area contributed by atoms with Crippen LogP contribution in [-0.4, -0.2) is 29.5 Å². The highest BCUT2D eigenvalue weighted by molar-refractivity contribution is 7.09. The summed E-state index contributed by atoms with van der Waals surface area (Å²) in [6.45, 7) is 4.09. The van der Waals surface area contributed by atoms with Gasteiger partial charge >= 0.3 is 0 Å². The van der Waals surface area contributed by atoms with Crippen molar-refractivity contribution in [3.8, 4) is 0 Å². The van der Waals surface area contributed by atoms with E-state index in [1.165, 1.54) is 25.9 Å².